The maximum absolute atomic E-state index is 14.8. The van der Waals surface area contributed by atoms with E-state index in [2.05, 4.69) is 0 Å². The van der Waals surface area contributed by atoms with Gasteiger partial charge in [0.05, 0.1) is 36.4 Å². The van der Waals surface area contributed by atoms with Crippen LogP contribution in [0.4, 0.5) is 0 Å². The zero-order valence-corrected chi connectivity index (χ0v) is 57.5. The summed E-state index contributed by atoms with van der Waals surface area (Å²) in [5.41, 5.74) is 0.784. The van der Waals surface area contributed by atoms with Gasteiger partial charge >= 0.3 is 35.0 Å². The molecule has 93 heavy (non-hydrogen) atoms. The number of nitrogens with zero attached hydrogens (tertiary/aromatic N) is 3. The summed E-state index contributed by atoms with van der Waals surface area (Å²) in [6.45, 7) is 32.0. The lowest BCUT2D eigenvalue weighted by Crippen LogP contribution is -2.55. The molecule has 0 aliphatic heterocycles. The van der Waals surface area contributed by atoms with Gasteiger partial charge in [-0.2, -0.15) is 0 Å². The Hall–Kier alpha value is -9.24. The lowest BCUT2D eigenvalue weighted by molar-refractivity contribution is -0.137. The molecule has 0 atom stereocenters. The number of benzene rings is 6. The number of esters is 3. The van der Waals surface area contributed by atoms with E-state index in [0.717, 1.165) is 13.7 Å². The second-order valence-corrected chi connectivity index (χ2v) is 29.9. The van der Waals surface area contributed by atoms with E-state index in [-0.39, 0.29) is 34.0 Å². The third kappa shape index (κ3) is 17.3. The summed E-state index contributed by atoms with van der Waals surface area (Å²) < 4.78 is 20.2. The van der Waals surface area contributed by atoms with Gasteiger partial charge in [0.2, 0.25) is 0 Å². The van der Waals surface area contributed by atoms with Crippen LogP contribution < -0.4 is 17.1 Å². The van der Waals surface area contributed by atoms with Gasteiger partial charge in [0.25, 0.3) is 0 Å². The number of phenols is 3. The van der Waals surface area contributed by atoms with Crippen LogP contribution in [0.15, 0.2) is 142 Å². The molecule has 0 bridgehead atoms. The van der Waals surface area contributed by atoms with E-state index in [4.69, 9.17) is 14.2 Å². The SMILES string of the molecule is CC(C)(C)c1cc(C(=Cc2ccccc2)C(=O)OCCn2c(=O)n(CCOC(=O)C(=Cc3ccccc3)c3cc(C(C)(C)C)c(O)c(C(C)(C)C)c3)c(=O)n(CCOC(=O)C(=Cc3ccccc3)c3cc(C(C)(C)C)c(O)c(C(C)(C)C)c3)c2=O)cc(C(C)(C)C)c1O. The van der Waals surface area contributed by atoms with Gasteiger partial charge in [-0.15, -0.1) is 0 Å². The second-order valence-electron chi connectivity index (χ2n) is 29.9. The molecule has 0 spiro atoms. The molecule has 0 saturated heterocycles. The number of hydrogen-bond acceptors (Lipinski definition) is 12. The maximum Gasteiger partial charge on any atom is 0.338 e. The monoisotopic (exact) mass is 1260 g/mol. The van der Waals surface area contributed by atoms with Crippen LogP contribution in [0.2, 0.25) is 0 Å². The van der Waals surface area contributed by atoms with Crippen molar-refractivity contribution in [1.82, 2.24) is 13.7 Å². The van der Waals surface area contributed by atoms with Crippen molar-refractivity contribution in [2.24, 2.45) is 0 Å². The molecule has 1 aromatic heterocycles. The first-order valence-corrected chi connectivity index (χ1v) is 31.6. The van der Waals surface area contributed by atoms with E-state index < -0.39 is 107 Å². The van der Waals surface area contributed by atoms with Gasteiger partial charge < -0.3 is 29.5 Å². The van der Waals surface area contributed by atoms with E-state index in [1.807, 2.05) is 216 Å². The summed E-state index contributed by atoms with van der Waals surface area (Å²) in [6, 6.07) is 37.9. The van der Waals surface area contributed by atoms with Gasteiger partial charge in [0.15, 0.2) is 0 Å². The summed E-state index contributed by atoms with van der Waals surface area (Å²) in [7, 11) is 0. The van der Waals surface area contributed by atoms with Crippen LogP contribution in [0, 0.1) is 0 Å². The number of hydrogen-bond donors (Lipinski definition) is 3. The summed E-state index contributed by atoms with van der Waals surface area (Å²) in [6.07, 6.45) is 5.00. The Kier molecular flexibility index (Phi) is 21.4. The molecule has 3 N–H and O–H groups in total. The Morgan fingerprint density at radius 3 is 0.688 bits per heavy atom. The summed E-state index contributed by atoms with van der Waals surface area (Å²) in [4.78, 5) is 88.3. The average Bonchev–Trinajstić information content (AvgIpc) is 0.799. The highest BCUT2D eigenvalue weighted by atomic mass is 16.5. The van der Waals surface area contributed by atoms with Crippen LogP contribution in [0.25, 0.3) is 34.9 Å². The Labute approximate surface area is 547 Å². The number of carbonyl (C=O) groups excluding carboxylic acids is 3. The minimum atomic E-state index is -1.10. The van der Waals surface area contributed by atoms with Gasteiger partial charge in [0.1, 0.15) is 37.1 Å². The van der Waals surface area contributed by atoms with Crippen LogP contribution in [0.5, 0.6) is 17.2 Å². The fraction of sp³-hybridized carbons (Fsp3) is 0.385. The van der Waals surface area contributed by atoms with Crippen molar-refractivity contribution in [2.75, 3.05) is 19.8 Å². The predicted octanol–water partition coefficient (Wildman–Crippen LogP) is 14.4. The van der Waals surface area contributed by atoms with Crippen molar-refractivity contribution >= 4 is 52.9 Å². The van der Waals surface area contributed by atoms with Crippen molar-refractivity contribution < 1.29 is 43.9 Å². The Morgan fingerprint density at radius 2 is 0.516 bits per heavy atom. The van der Waals surface area contributed by atoms with Gasteiger partial charge in [-0.25, -0.2) is 42.5 Å². The predicted molar refractivity (Wildman–Crippen MR) is 372 cm³/mol. The molecule has 15 nitrogen and oxygen atoms in total. The molecule has 0 radical (unpaired) electrons. The standard InChI is InChI=1S/C78H93N3O12/c1-73(2,3)58-43-52(44-59(64(58)82)74(4,5)6)55(40-49-28-22-19-23-29-49)67(85)91-37-34-79-70(88)80(35-38-92-68(86)56(41-50-30-24-20-25-31-50)53-45-60(75(7,8)9)65(83)61(46-53)76(10,11)12)72(90)81(71(79)89)36-39-93-69(87)57(42-51-32-26-21-27-33-51)54-47-62(77(13,14)15)66(84)63(48-54)78(16,17)18/h19-33,40-48,82-84H,34-39H2,1-18H3. The lowest BCUT2D eigenvalue weighted by Gasteiger charge is -2.28. The first kappa shape index (κ1) is 71.2. The van der Waals surface area contributed by atoms with Crippen molar-refractivity contribution in [2.45, 2.75) is 177 Å². The number of aromatic nitrogens is 3. The average molecular weight is 1260 g/mol. The topological polar surface area (TPSA) is 206 Å². The van der Waals surface area contributed by atoms with Gasteiger partial charge in [-0.1, -0.05) is 216 Å². The fourth-order valence-electron chi connectivity index (χ4n) is 10.9. The van der Waals surface area contributed by atoms with E-state index in [9.17, 15) is 44.1 Å². The van der Waals surface area contributed by atoms with Gasteiger partial charge in [-0.05, 0) is 120 Å². The van der Waals surface area contributed by atoms with Crippen molar-refractivity contribution in [3.63, 3.8) is 0 Å². The molecule has 0 amide bonds. The lowest BCUT2D eigenvalue weighted by atomic mass is 9.77. The minimum absolute atomic E-state index is 0.109. The third-order valence-corrected chi connectivity index (χ3v) is 16.1. The highest BCUT2D eigenvalue weighted by molar-refractivity contribution is 6.23. The number of ether oxygens (including phenoxy) is 3. The van der Waals surface area contributed by atoms with Crippen LogP contribution in [-0.2, 0) is 80.7 Å². The van der Waals surface area contributed by atoms with Crippen LogP contribution in [-0.4, -0.2) is 66.7 Å². The first-order valence-electron chi connectivity index (χ1n) is 31.6. The Morgan fingerprint density at radius 1 is 0.333 bits per heavy atom. The molecule has 0 unspecified atom stereocenters. The minimum Gasteiger partial charge on any atom is -0.507 e. The second kappa shape index (κ2) is 27.9. The largest absolute Gasteiger partial charge is 0.507 e. The molecule has 0 fully saturated rings. The highest BCUT2D eigenvalue weighted by Gasteiger charge is 2.33. The molecule has 7 aromatic rings. The zero-order valence-electron chi connectivity index (χ0n) is 57.5. The first-order chi connectivity index (χ1) is 43.2. The number of aromatic hydroxyl groups is 3. The van der Waals surface area contributed by atoms with E-state index in [1.54, 1.807) is 54.6 Å². The highest BCUT2D eigenvalue weighted by Crippen LogP contribution is 2.45. The molecule has 1 heterocycles. The van der Waals surface area contributed by atoms with E-state index in [1.165, 1.54) is 0 Å². The Balaban J connectivity index is 1.29. The molecular formula is C78H93N3O12. The summed E-state index contributed by atoms with van der Waals surface area (Å²) >= 11 is 0. The van der Waals surface area contributed by atoms with E-state index in [0.29, 0.717) is 66.8 Å². The van der Waals surface area contributed by atoms with E-state index >= 15 is 0 Å². The zero-order chi connectivity index (χ0) is 68.9. The maximum atomic E-state index is 14.8. The molecule has 7 rings (SSSR count). The summed E-state index contributed by atoms with van der Waals surface area (Å²) in [5.74, 6) is -2.09. The smallest absolute Gasteiger partial charge is 0.338 e. The molecule has 0 aliphatic carbocycles. The molecule has 0 saturated carbocycles. The number of rotatable bonds is 18. The Bertz CT molecular complexity index is 3630. The molecule has 6 aromatic carbocycles. The van der Waals surface area contributed by atoms with Crippen molar-refractivity contribution in [1.29, 1.82) is 0 Å². The summed E-state index contributed by atoms with van der Waals surface area (Å²) in [5, 5.41) is 34.9. The fourth-order valence-corrected chi connectivity index (χ4v) is 10.9. The molecule has 492 valence electrons. The molecule has 15 heteroatoms. The van der Waals surface area contributed by atoms with Crippen molar-refractivity contribution in [3.8, 4) is 17.2 Å². The van der Waals surface area contributed by atoms with Crippen LogP contribution in [0.1, 0.15) is 191 Å². The molecule has 0 aliphatic rings. The van der Waals surface area contributed by atoms with Gasteiger partial charge in [-0.3, -0.25) is 0 Å². The van der Waals surface area contributed by atoms with Crippen molar-refractivity contribution in [3.05, 3.63) is 226 Å². The number of carbonyl (C=O) groups is 3. The normalized spacial score (nSPS) is 13.0. The van der Waals surface area contributed by atoms with Crippen LogP contribution >= 0.6 is 0 Å². The van der Waals surface area contributed by atoms with Crippen LogP contribution in [0.3, 0.4) is 0 Å². The molecular weight excluding hydrogens is 1170 g/mol. The van der Waals surface area contributed by atoms with Gasteiger partial charge in [0, 0.05) is 33.4 Å². The quantitative estimate of drug-likeness (QED) is 0.0318. The number of phenolic OH excluding ortho intramolecular Hbond substituents is 3. The third-order valence-electron chi connectivity index (χ3n) is 16.1.